The summed E-state index contributed by atoms with van der Waals surface area (Å²) >= 11 is 1.59. The third-order valence-electron chi connectivity index (χ3n) is 4.01. The van der Waals surface area contributed by atoms with Crippen LogP contribution in [0, 0.1) is 0 Å². The molecule has 118 valence electrons. The van der Waals surface area contributed by atoms with E-state index in [1.54, 1.807) is 30.3 Å². The van der Waals surface area contributed by atoms with Gasteiger partial charge in [-0.05, 0) is 32.4 Å². The molecule has 2 N–H and O–H groups in total. The highest BCUT2D eigenvalue weighted by Gasteiger charge is 2.22. The number of hydrogen-bond donors (Lipinski definition) is 1. The van der Waals surface area contributed by atoms with Crippen molar-refractivity contribution >= 4 is 17.2 Å². The zero-order chi connectivity index (χ0) is 15.2. The van der Waals surface area contributed by atoms with E-state index in [2.05, 4.69) is 15.3 Å². The van der Waals surface area contributed by atoms with Crippen LogP contribution in [0.15, 0.2) is 5.38 Å². The van der Waals surface area contributed by atoms with Crippen molar-refractivity contribution in [3.05, 3.63) is 16.1 Å². The molecule has 1 aliphatic heterocycles. The van der Waals surface area contributed by atoms with E-state index < -0.39 is 0 Å². The number of rotatable bonds is 6. The molecule has 1 amide bonds. The van der Waals surface area contributed by atoms with Gasteiger partial charge in [0.05, 0.1) is 12.1 Å². The minimum absolute atomic E-state index is 0.106. The SMILES string of the molecule is CN(C)C(=O)Cc1nc(CN2CCCCC2CCN)cs1. The summed E-state index contributed by atoms with van der Waals surface area (Å²) in [5.41, 5.74) is 6.81. The molecule has 1 atom stereocenters. The van der Waals surface area contributed by atoms with Gasteiger partial charge in [-0.15, -0.1) is 11.3 Å². The molecule has 0 spiro atoms. The molecule has 0 radical (unpaired) electrons. The molecule has 21 heavy (non-hydrogen) atoms. The zero-order valence-electron chi connectivity index (χ0n) is 13.0. The second-order valence-corrected chi connectivity index (χ2v) is 6.84. The number of aromatic nitrogens is 1. The van der Waals surface area contributed by atoms with E-state index >= 15 is 0 Å². The Hall–Kier alpha value is -0.980. The first kappa shape index (κ1) is 16.4. The van der Waals surface area contributed by atoms with Crippen molar-refractivity contribution in [3.63, 3.8) is 0 Å². The van der Waals surface area contributed by atoms with Gasteiger partial charge in [0.15, 0.2) is 0 Å². The molecule has 1 aliphatic rings. The van der Waals surface area contributed by atoms with Crippen molar-refractivity contribution in [2.75, 3.05) is 27.2 Å². The van der Waals surface area contributed by atoms with Crippen LogP contribution in [0.4, 0.5) is 0 Å². The summed E-state index contributed by atoms with van der Waals surface area (Å²) in [6, 6.07) is 0.595. The van der Waals surface area contributed by atoms with E-state index in [4.69, 9.17) is 5.73 Å². The lowest BCUT2D eigenvalue weighted by Crippen LogP contribution is -2.40. The molecule has 2 heterocycles. The van der Waals surface area contributed by atoms with Gasteiger partial charge in [-0.3, -0.25) is 9.69 Å². The summed E-state index contributed by atoms with van der Waals surface area (Å²) in [7, 11) is 3.56. The Morgan fingerprint density at radius 2 is 2.33 bits per heavy atom. The summed E-state index contributed by atoms with van der Waals surface area (Å²) in [5.74, 6) is 0.106. The minimum Gasteiger partial charge on any atom is -0.348 e. The number of nitrogens with two attached hydrogens (primary N) is 1. The van der Waals surface area contributed by atoms with Crippen molar-refractivity contribution in [2.24, 2.45) is 5.73 Å². The first-order valence-electron chi connectivity index (χ1n) is 7.67. The fourth-order valence-corrected chi connectivity index (χ4v) is 3.56. The Bertz CT molecular complexity index is 458. The molecule has 2 rings (SSSR count). The van der Waals surface area contributed by atoms with Crippen LogP contribution >= 0.6 is 11.3 Å². The smallest absolute Gasteiger partial charge is 0.228 e. The van der Waals surface area contributed by atoms with E-state index in [0.717, 1.165) is 36.8 Å². The number of carbonyl (C=O) groups is 1. The van der Waals surface area contributed by atoms with Gasteiger partial charge in [-0.2, -0.15) is 0 Å². The van der Waals surface area contributed by atoms with E-state index in [1.165, 1.54) is 19.3 Å². The molecule has 5 nitrogen and oxygen atoms in total. The number of piperidine rings is 1. The van der Waals surface area contributed by atoms with Gasteiger partial charge in [0.1, 0.15) is 5.01 Å². The summed E-state index contributed by atoms with van der Waals surface area (Å²) < 4.78 is 0. The standard InChI is InChI=1S/C15H26N4OS/c1-18(2)15(20)9-14-17-12(11-21-14)10-19-8-4-3-5-13(19)6-7-16/h11,13H,3-10,16H2,1-2H3. The van der Waals surface area contributed by atoms with Crippen LogP contribution < -0.4 is 5.73 Å². The van der Waals surface area contributed by atoms with Gasteiger partial charge < -0.3 is 10.6 Å². The molecular weight excluding hydrogens is 284 g/mol. The largest absolute Gasteiger partial charge is 0.348 e. The van der Waals surface area contributed by atoms with Gasteiger partial charge in [0.2, 0.25) is 5.91 Å². The van der Waals surface area contributed by atoms with Crippen LogP contribution in [0.3, 0.4) is 0 Å². The quantitative estimate of drug-likeness (QED) is 0.864. The second kappa shape index (κ2) is 7.87. The molecule has 0 bridgehead atoms. The molecular formula is C15H26N4OS. The van der Waals surface area contributed by atoms with Crippen molar-refractivity contribution in [1.82, 2.24) is 14.8 Å². The van der Waals surface area contributed by atoms with Crippen LogP contribution in [0.1, 0.15) is 36.4 Å². The summed E-state index contributed by atoms with van der Waals surface area (Å²) in [5, 5.41) is 3.00. The number of carbonyl (C=O) groups excluding carboxylic acids is 1. The first-order valence-corrected chi connectivity index (χ1v) is 8.55. The molecule has 1 saturated heterocycles. The number of likely N-dealkylation sites (N-methyl/N-ethyl adjacent to an activating group) is 1. The molecule has 0 aromatic carbocycles. The van der Waals surface area contributed by atoms with E-state index in [0.29, 0.717) is 12.5 Å². The highest BCUT2D eigenvalue weighted by molar-refractivity contribution is 7.09. The van der Waals surface area contributed by atoms with Crippen molar-refractivity contribution in [3.8, 4) is 0 Å². The van der Waals surface area contributed by atoms with Crippen LogP contribution in [-0.4, -0.2) is 53.9 Å². The molecule has 0 saturated carbocycles. The number of hydrogen-bond acceptors (Lipinski definition) is 5. The number of nitrogens with zero attached hydrogens (tertiary/aromatic N) is 3. The Morgan fingerprint density at radius 1 is 1.52 bits per heavy atom. The van der Waals surface area contributed by atoms with Gasteiger partial charge in [-0.1, -0.05) is 6.42 Å². The molecule has 1 aromatic heterocycles. The highest BCUT2D eigenvalue weighted by atomic mass is 32.1. The van der Waals surface area contributed by atoms with Crippen molar-refractivity contribution in [2.45, 2.75) is 44.7 Å². The van der Waals surface area contributed by atoms with Crippen LogP contribution in [0.5, 0.6) is 0 Å². The number of likely N-dealkylation sites (tertiary alicyclic amines) is 1. The third-order valence-corrected chi connectivity index (χ3v) is 4.91. The molecule has 6 heteroatoms. The van der Waals surface area contributed by atoms with Gasteiger partial charge in [-0.25, -0.2) is 4.98 Å². The van der Waals surface area contributed by atoms with E-state index in [9.17, 15) is 4.79 Å². The van der Waals surface area contributed by atoms with Gasteiger partial charge in [0, 0.05) is 32.1 Å². The fourth-order valence-electron chi connectivity index (χ4n) is 2.79. The molecule has 1 fully saturated rings. The van der Waals surface area contributed by atoms with E-state index in [1.807, 2.05) is 0 Å². The predicted molar refractivity (Wildman–Crippen MR) is 86.2 cm³/mol. The molecule has 0 aliphatic carbocycles. The molecule has 1 aromatic rings. The Labute approximate surface area is 131 Å². The van der Waals surface area contributed by atoms with Crippen LogP contribution in [0.25, 0.3) is 0 Å². The second-order valence-electron chi connectivity index (χ2n) is 5.89. The Kier molecular flexibility index (Phi) is 6.14. The highest BCUT2D eigenvalue weighted by Crippen LogP contribution is 2.22. The fraction of sp³-hybridized carbons (Fsp3) is 0.733. The Balaban J connectivity index is 1.93. The summed E-state index contributed by atoms with van der Waals surface area (Å²) in [4.78, 5) is 20.5. The topological polar surface area (TPSA) is 62.5 Å². The summed E-state index contributed by atoms with van der Waals surface area (Å²) in [6.07, 6.45) is 5.28. The lowest BCUT2D eigenvalue weighted by atomic mass is 9.99. The van der Waals surface area contributed by atoms with Crippen molar-refractivity contribution in [1.29, 1.82) is 0 Å². The van der Waals surface area contributed by atoms with Gasteiger partial charge in [0.25, 0.3) is 0 Å². The Morgan fingerprint density at radius 3 is 3.05 bits per heavy atom. The lowest BCUT2D eigenvalue weighted by Gasteiger charge is -2.35. The average molecular weight is 310 g/mol. The third kappa shape index (κ3) is 4.76. The normalized spacial score (nSPS) is 19.7. The van der Waals surface area contributed by atoms with Crippen LogP contribution in [-0.2, 0) is 17.8 Å². The lowest BCUT2D eigenvalue weighted by molar-refractivity contribution is -0.127. The maximum atomic E-state index is 11.7. The maximum Gasteiger partial charge on any atom is 0.228 e. The zero-order valence-corrected chi connectivity index (χ0v) is 13.9. The van der Waals surface area contributed by atoms with Gasteiger partial charge >= 0.3 is 0 Å². The molecule has 1 unspecified atom stereocenters. The average Bonchev–Trinajstić information content (AvgIpc) is 2.88. The summed E-state index contributed by atoms with van der Waals surface area (Å²) in [6.45, 7) is 2.77. The number of thiazole rings is 1. The minimum atomic E-state index is 0.106. The predicted octanol–water partition coefficient (Wildman–Crippen LogP) is 1.48. The van der Waals surface area contributed by atoms with Crippen LogP contribution in [0.2, 0.25) is 0 Å². The monoisotopic (exact) mass is 310 g/mol. The first-order chi connectivity index (χ1) is 10.1. The van der Waals surface area contributed by atoms with Crippen molar-refractivity contribution < 1.29 is 4.79 Å². The maximum absolute atomic E-state index is 11.7. The van der Waals surface area contributed by atoms with E-state index in [-0.39, 0.29) is 5.91 Å². The number of amides is 1.